The summed E-state index contributed by atoms with van der Waals surface area (Å²) < 4.78 is 5.07. The number of hydrogen-bond acceptors (Lipinski definition) is 3. The molecule has 1 heterocycles. The summed E-state index contributed by atoms with van der Waals surface area (Å²) in [5.74, 6) is -1.51. The molecule has 0 aromatic heterocycles. The van der Waals surface area contributed by atoms with Gasteiger partial charge in [0, 0.05) is 6.61 Å². The fourth-order valence-electron chi connectivity index (χ4n) is 1.53. The summed E-state index contributed by atoms with van der Waals surface area (Å²) in [6.45, 7) is 4.52. The Morgan fingerprint density at radius 3 is 2.53 bits per heavy atom. The van der Waals surface area contributed by atoms with Crippen LogP contribution in [0.25, 0.3) is 0 Å². The number of ether oxygens (including phenoxy) is 1. The molecule has 0 bridgehead atoms. The van der Waals surface area contributed by atoms with E-state index in [9.17, 15) is 9.59 Å². The number of carboxylic acid groups (broad SMARTS) is 1. The predicted molar refractivity (Wildman–Crippen MR) is 53.3 cm³/mol. The van der Waals surface area contributed by atoms with E-state index in [0.29, 0.717) is 19.6 Å². The fourth-order valence-corrected chi connectivity index (χ4v) is 1.53. The summed E-state index contributed by atoms with van der Waals surface area (Å²) in [6.07, 6.45) is 0.677. The SMILES string of the molecule is CC(C)[C@@H](NC(=O)[C@@H]1CCOC1)C(=O)O. The molecule has 0 unspecified atom stereocenters. The van der Waals surface area contributed by atoms with Gasteiger partial charge in [0.05, 0.1) is 12.5 Å². The minimum Gasteiger partial charge on any atom is -0.480 e. The van der Waals surface area contributed by atoms with Crippen LogP contribution >= 0.6 is 0 Å². The van der Waals surface area contributed by atoms with Crippen LogP contribution in [0.15, 0.2) is 0 Å². The Kier molecular flexibility index (Phi) is 4.08. The lowest BCUT2D eigenvalue weighted by Gasteiger charge is -2.19. The third-order valence-electron chi connectivity index (χ3n) is 2.53. The van der Waals surface area contributed by atoms with Gasteiger partial charge in [0.1, 0.15) is 6.04 Å². The Bertz CT molecular complexity index is 246. The topological polar surface area (TPSA) is 75.6 Å². The van der Waals surface area contributed by atoms with E-state index in [-0.39, 0.29) is 17.7 Å². The number of amides is 1. The second kappa shape index (κ2) is 5.11. The van der Waals surface area contributed by atoms with Crippen molar-refractivity contribution in [3.8, 4) is 0 Å². The largest absolute Gasteiger partial charge is 0.480 e. The highest BCUT2D eigenvalue weighted by Crippen LogP contribution is 2.13. The molecule has 15 heavy (non-hydrogen) atoms. The summed E-state index contributed by atoms with van der Waals surface area (Å²) in [5, 5.41) is 11.4. The van der Waals surface area contributed by atoms with Gasteiger partial charge in [-0.3, -0.25) is 4.79 Å². The Morgan fingerprint density at radius 1 is 1.47 bits per heavy atom. The molecule has 0 spiro atoms. The first-order valence-electron chi connectivity index (χ1n) is 5.13. The quantitative estimate of drug-likeness (QED) is 0.704. The molecule has 2 atom stereocenters. The van der Waals surface area contributed by atoms with Crippen molar-refractivity contribution in [2.75, 3.05) is 13.2 Å². The van der Waals surface area contributed by atoms with Gasteiger partial charge in [0.25, 0.3) is 0 Å². The molecule has 5 nitrogen and oxygen atoms in total. The van der Waals surface area contributed by atoms with Crippen LogP contribution in [-0.2, 0) is 14.3 Å². The molecule has 1 aliphatic heterocycles. The molecular weight excluding hydrogens is 198 g/mol. The van der Waals surface area contributed by atoms with Gasteiger partial charge < -0.3 is 15.2 Å². The minimum atomic E-state index is -0.989. The van der Waals surface area contributed by atoms with Crippen molar-refractivity contribution in [3.63, 3.8) is 0 Å². The molecule has 0 aliphatic carbocycles. The number of carboxylic acids is 1. The van der Waals surface area contributed by atoms with E-state index in [0.717, 1.165) is 0 Å². The van der Waals surface area contributed by atoms with Crippen LogP contribution in [0.2, 0.25) is 0 Å². The first-order chi connectivity index (χ1) is 7.02. The lowest BCUT2D eigenvalue weighted by Crippen LogP contribution is -2.46. The van der Waals surface area contributed by atoms with Gasteiger partial charge in [-0.25, -0.2) is 4.79 Å². The van der Waals surface area contributed by atoms with Crippen molar-refractivity contribution in [1.82, 2.24) is 5.32 Å². The van der Waals surface area contributed by atoms with E-state index >= 15 is 0 Å². The summed E-state index contributed by atoms with van der Waals surface area (Å²) >= 11 is 0. The molecule has 1 fully saturated rings. The van der Waals surface area contributed by atoms with Crippen molar-refractivity contribution in [2.45, 2.75) is 26.3 Å². The Balaban J connectivity index is 2.50. The Hall–Kier alpha value is -1.10. The predicted octanol–water partition coefficient (Wildman–Crippen LogP) is 0.248. The normalized spacial score (nSPS) is 22.7. The summed E-state index contributed by atoms with van der Waals surface area (Å²) in [5.41, 5.74) is 0. The minimum absolute atomic E-state index is 0.117. The zero-order valence-electron chi connectivity index (χ0n) is 9.03. The Labute approximate surface area is 88.8 Å². The first kappa shape index (κ1) is 12.0. The first-order valence-corrected chi connectivity index (χ1v) is 5.13. The van der Waals surface area contributed by atoms with Crippen LogP contribution in [0.5, 0.6) is 0 Å². The monoisotopic (exact) mass is 215 g/mol. The average molecular weight is 215 g/mol. The third-order valence-corrected chi connectivity index (χ3v) is 2.53. The lowest BCUT2D eigenvalue weighted by atomic mass is 10.0. The second-order valence-corrected chi connectivity index (χ2v) is 4.13. The molecule has 1 saturated heterocycles. The number of rotatable bonds is 4. The highest BCUT2D eigenvalue weighted by molar-refractivity contribution is 5.85. The number of carbonyl (C=O) groups excluding carboxylic acids is 1. The number of hydrogen-bond donors (Lipinski definition) is 2. The molecular formula is C10H17NO4. The smallest absolute Gasteiger partial charge is 0.326 e. The van der Waals surface area contributed by atoms with Gasteiger partial charge >= 0.3 is 5.97 Å². The van der Waals surface area contributed by atoms with Crippen LogP contribution in [0.3, 0.4) is 0 Å². The standard InChI is InChI=1S/C10H17NO4/c1-6(2)8(10(13)14)11-9(12)7-3-4-15-5-7/h6-8H,3-5H2,1-2H3,(H,11,12)(H,13,14)/t7-,8-/m1/s1. The summed E-state index contributed by atoms with van der Waals surface area (Å²) in [6, 6.07) is -0.807. The van der Waals surface area contributed by atoms with Crippen molar-refractivity contribution >= 4 is 11.9 Å². The zero-order valence-corrected chi connectivity index (χ0v) is 9.03. The van der Waals surface area contributed by atoms with E-state index < -0.39 is 12.0 Å². The lowest BCUT2D eigenvalue weighted by molar-refractivity contribution is -0.143. The molecule has 0 aromatic rings. The van der Waals surface area contributed by atoms with Gasteiger partial charge in [-0.15, -0.1) is 0 Å². The van der Waals surface area contributed by atoms with Gasteiger partial charge in [0.2, 0.25) is 5.91 Å². The number of carbonyl (C=O) groups is 2. The van der Waals surface area contributed by atoms with Gasteiger partial charge in [0.15, 0.2) is 0 Å². The summed E-state index contributed by atoms with van der Waals surface area (Å²) in [4.78, 5) is 22.5. The van der Waals surface area contributed by atoms with Gasteiger partial charge in [-0.05, 0) is 12.3 Å². The van der Waals surface area contributed by atoms with E-state index in [1.54, 1.807) is 13.8 Å². The van der Waals surface area contributed by atoms with Crippen LogP contribution < -0.4 is 5.32 Å². The van der Waals surface area contributed by atoms with E-state index in [1.165, 1.54) is 0 Å². The molecule has 0 aromatic carbocycles. The van der Waals surface area contributed by atoms with E-state index in [1.807, 2.05) is 0 Å². The highest BCUT2D eigenvalue weighted by atomic mass is 16.5. The van der Waals surface area contributed by atoms with Crippen LogP contribution in [0.4, 0.5) is 0 Å². The molecule has 0 saturated carbocycles. The molecule has 1 amide bonds. The van der Waals surface area contributed by atoms with Crippen molar-refractivity contribution < 1.29 is 19.4 Å². The molecule has 5 heteroatoms. The van der Waals surface area contributed by atoms with E-state index in [4.69, 9.17) is 9.84 Å². The van der Waals surface area contributed by atoms with Crippen LogP contribution in [0.1, 0.15) is 20.3 Å². The molecule has 1 aliphatic rings. The van der Waals surface area contributed by atoms with E-state index in [2.05, 4.69) is 5.32 Å². The third kappa shape index (κ3) is 3.20. The van der Waals surface area contributed by atoms with Crippen molar-refractivity contribution in [3.05, 3.63) is 0 Å². The van der Waals surface area contributed by atoms with Crippen LogP contribution in [0, 0.1) is 11.8 Å². The molecule has 0 radical (unpaired) electrons. The number of aliphatic carboxylic acids is 1. The van der Waals surface area contributed by atoms with Crippen LogP contribution in [-0.4, -0.2) is 36.2 Å². The maximum absolute atomic E-state index is 11.6. The number of nitrogens with one attached hydrogen (secondary N) is 1. The van der Waals surface area contributed by atoms with Gasteiger partial charge in [-0.2, -0.15) is 0 Å². The molecule has 1 rings (SSSR count). The van der Waals surface area contributed by atoms with Crippen molar-refractivity contribution in [2.24, 2.45) is 11.8 Å². The zero-order chi connectivity index (χ0) is 11.4. The average Bonchev–Trinajstić information content (AvgIpc) is 2.65. The maximum atomic E-state index is 11.6. The second-order valence-electron chi connectivity index (χ2n) is 4.13. The Morgan fingerprint density at radius 2 is 2.13 bits per heavy atom. The summed E-state index contributed by atoms with van der Waals surface area (Å²) in [7, 11) is 0. The van der Waals surface area contributed by atoms with Crippen molar-refractivity contribution in [1.29, 1.82) is 0 Å². The maximum Gasteiger partial charge on any atom is 0.326 e. The molecule has 2 N–H and O–H groups in total. The molecule has 86 valence electrons. The van der Waals surface area contributed by atoms with Gasteiger partial charge in [-0.1, -0.05) is 13.8 Å². The fraction of sp³-hybridized carbons (Fsp3) is 0.800. The highest BCUT2D eigenvalue weighted by Gasteiger charge is 2.29.